The number of para-hydroxylation sites is 2. The number of morpholine rings is 1. The Kier molecular flexibility index (Phi) is 9.69. The monoisotopic (exact) mass is 667 g/mol. The summed E-state index contributed by atoms with van der Waals surface area (Å²) in [6.07, 6.45) is 1.55. The van der Waals surface area contributed by atoms with E-state index in [1.165, 1.54) is 14.2 Å². The van der Waals surface area contributed by atoms with Crippen LogP contribution in [0.5, 0.6) is 11.5 Å². The van der Waals surface area contributed by atoms with E-state index in [1.807, 2.05) is 40.8 Å². The van der Waals surface area contributed by atoms with Crippen molar-refractivity contribution in [3.05, 3.63) is 50.4 Å². The summed E-state index contributed by atoms with van der Waals surface area (Å²) in [7, 11) is 2.71. The minimum Gasteiger partial charge on any atom is -0.493 e. The number of imide groups is 1. The van der Waals surface area contributed by atoms with Crippen LogP contribution in [0.15, 0.2) is 41.3 Å². The zero-order chi connectivity index (χ0) is 27.9. The molecular formula is C26H26IN3O8S. The third-order valence-electron chi connectivity index (χ3n) is 5.82. The molecule has 2 fully saturated rings. The van der Waals surface area contributed by atoms with Crippen LogP contribution >= 0.6 is 34.4 Å². The van der Waals surface area contributed by atoms with Crippen LogP contribution in [0.4, 0.5) is 16.2 Å². The van der Waals surface area contributed by atoms with Gasteiger partial charge in [0.15, 0.2) is 18.1 Å². The molecule has 2 aliphatic rings. The molecule has 0 spiro atoms. The maximum absolute atomic E-state index is 13.0. The lowest BCUT2D eigenvalue weighted by Crippen LogP contribution is -2.38. The third kappa shape index (κ3) is 7.02. The van der Waals surface area contributed by atoms with Gasteiger partial charge in [-0.2, -0.15) is 0 Å². The zero-order valence-electron chi connectivity index (χ0n) is 21.2. The van der Waals surface area contributed by atoms with E-state index in [0.717, 1.165) is 22.3 Å². The van der Waals surface area contributed by atoms with E-state index in [0.29, 0.717) is 52.6 Å². The number of anilines is 2. The second-order valence-corrected chi connectivity index (χ2v) is 10.5. The lowest BCUT2D eigenvalue weighted by atomic mass is 10.2. The van der Waals surface area contributed by atoms with E-state index in [-0.39, 0.29) is 11.5 Å². The molecule has 13 heteroatoms. The van der Waals surface area contributed by atoms with Gasteiger partial charge in [0, 0.05) is 13.1 Å². The molecule has 2 heterocycles. The number of benzene rings is 2. The molecule has 39 heavy (non-hydrogen) atoms. The summed E-state index contributed by atoms with van der Waals surface area (Å²) in [5.41, 5.74) is 2.03. The lowest BCUT2D eigenvalue weighted by Gasteiger charge is -2.30. The number of carbonyl (C=O) groups is 4. The van der Waals surface area contributed by atoms with Crippen LogP contribution in [0.3, 0.4) is 0 Å². The largest absolute Gasteiger partial charge is 0.493 e. The average Bonchev–Trinajstić information content (AvgIpc) is 3.19. The van der Waals surface area contributed by atoms with Crippen molar-refractivity contribution in [2.45, 2.75) is 0 Å². The number of hydrogen-bond acceptors (Lipinski definition) is 10. The lowest BCUT2D eigenvalue weighted by molar-refractivity contribution is -0.143. The number of amides is 3. The Morgan fingerprint density at radius 2 is 1.90 bits per heavy atom. The predicted octanol–water partition coefficient (Wildman–Crippen LogP) is 3.36. The highest BCUT2D eigenvalue weighted by Crippen LogP contribution is 2.37. The Morgan fingerprint density at radius 1 is 1.15 bits per heavy atom. The van der Waals surface area contributed by atoms with Gasteiger partial charge in [0.2, 0.25) is 5.91 Å². The number of esters is 1. The van der Waals surface area contributed by atoms with Crippen molar-refractivity contribution in [3.63, 3.8) is 0 Å². The van der Waals surface area contributed by atoms with Crippen LogP contribution in [0.2, 0.25) is 0 Å². The van der Waals surface area contributed by atoms with Crippen LogP contribution < -0.4 is 19.7 Å². The first-order valence-corrected chi connectivity index (χ1v) is 13.7. The van der Waals surface area contributed by atoms with Crippen molar-refractivity contribution in [3.8, 4) is 11.5 Å². The first kappa shape index (κ1) is 28.7. The number of thioether (sulfide) groups is 1. The normalized spacial score (nSPS) is 16.4. The molecule has 2 aliphatic heterocycles. The SMILES string of the molecule is COC(=O)COc1c(I)cc(/C=C2\SC(=O)N(CC(=O)Nc3ccccc3N3CCOCC3)C2=O)cc1OC. The molecule has 206 valence electrons. The van der Waals surface area contributed by atoms with E-state index >= 15 is 0 Å². The summed E-state index contributed by atoms with van der Waals surface area (Å²) in [5, 5.41) is 2.29. The summed E-state index contributed by atoms with van der Waals surface area (Å²) in [4.78, 5) is 53.2. The van der Waals surface area contributed by atoms with E-state index in [9.17, 15) is 19.2 Å². The van der Waals surface area contributed by atoms with Gasteiger partial charge in [-0.25, -0.2) is 4.79 Å². The Bertz CT molecular complexity index is 1310. The molecule has 3 amide bonds. The maximum atomic E-state index is 13.0. The van der Waals surface area contributed by atoms with Crippen LogP contribution in [0.25, 0.3) is 6.08 Å². The number of nitrogens with one attached hydrogen (secondary N) is 1. The molecule has 2 saturated heterocycles. The van der Waals surface area contributed by atoms with Gasteiger partial charge in [0.05, 0.1) is 47.3 Å². The van der Waals surface area contributed by atoms with E-state index in [1.54, 1.807) is 24.3 Å². The van der Waals surface area contributed by atoms with Gasteiger partial charge in [-0.1, -0.05) is 12.1 Å². The number of halogens is 1. The number of methoxy groups -OCH3 is 2. The fraction of sp³-hybridized carbons (Fsp3) is 0.308. The zero-order valence-corrected chi connectivity index (χ0v) is 24.2. The summed E-state index contributed by atoms with van der Waals surface area (Å²) in [6.45, 7) is 1.88. The van der Waals surface area contributed by atoms with Crippen molar-refractivity contribution in [2.24, 2.45) is 0 Å². The van der Waals surface area contributed by atoms with Crippen molar-refractivity contribution in [1.29, 1.82) is 0 Å². The molecular weight excluding hydrogens is 641 g/mol. The van der Waals surface area contributed by atoms with Crippen LogP contribution in [0, 0.1) is 3.57 Å². The van der Waals surface area contributed by atoms with Crippen LogP contribution in [-0.4, -0.2) is 81.6 Å². The minimum atomic E-state index is -0.568. The molecule has 0 bridgehead atoms. The second-order valence-electron chi connectivity index (χ2n) is 8.33. The number of nitrogens with zero attached hydrogens (tertiary/aromatic N) is 2. The Labute approximate surface area is 242 Å². The highest BCUT2D eigenvalue weighted by atomic mass is 127. The number of carbonyl (C=O) groups excluding carboxylic acids is 4. The Morgan fingerprint density at radius 3 is 2.62 bits per heavy atom. The van der Waals surface area contributed by atoms with E-state index in [2.05, 4.69) is 15.0 Å². The van der Waals surface area contributed by atoms with Gasteiger partial charge in [0.25, 0.3) is 11.1 Å². The predicted molar refractivity (Wildman–Crippen MR) is 154 cm³/mol. The Hall–Kier alpha value is -3.30. The summed E-state index contributed by atoms with van der Waals surface area (Å²) < 4.78 is 21.5. The van der Waals surface area contributed by atoms with Gasteiger partial charge in [-0.3, -0.25) is 19.3 Å². The average molecular weight is 667 g/mol. The van der Waals surface area contributed by atoms with Crippen molar-refractivity contribution in [1.82, 2.24) is 4.90 Å². The Balaban J connectivity index is 1.45. The molecule has 0 atom stereocenters. The second kappa shape index (κ2) is 13.2. The minimum absolute atomic E-state index is 0.169. The maximum Gasteiger partial charge on any atom is 0.343 e. The van der Waals surface area contributed by atoms with Crippen molar-refractivity contribution in [2.75, 3.05) is 63.9 Å². The highest BCUT2D eigenvalue weighted by Gasteiger charge is 2.36. The van der Waals surface area contributed by atoms with Gasteiger partial charge in [-0.05, 0) is 70.3 Å². The summed E-state index contributed by atoms with van der Waals surface area (Å²) in [6, 6.07) is 10.7. The molecule has 0 aliphatic carbocycles. The molecule has 0 aromatic heterocycles. The molecule has 2 aromatic rings. The topological polar surface area (TPSA) is 124 Å². The molecule has 2 aromatic carbocycles. The molecule has 0 saturated carbocycles. The molecule has 0 radical (unpaired) electrons. The summed E-state index contributed by atoms with van der Waals surface area (Å²) in [5.74, 6) is -0.902. The summed E-state index contributed by atoms with van der Waals surface area (Å²) >= 11 is 2.77. The fourth-order valence-electron chi connectivity index (χ4n) is 3.93. The highest BCUT2D eigenvalue weighted by molar-refractivity contribution is 14.1. The van der Waals surface area contributed by atoms with Gasteiger partial charge in [-0.15, -0.1) is 0 Å². The first-order chi connectivity index (χ1) is 18.8. The number of ether oxygens (including phenoxy) is 4. The molecule has 11 nitrogen and oxygen atoms in total. The van der Waals surface area contributed by atoms with Gasteiger partial charge in [0.1, 0.15) is 6.54 Å². The van der Waals surface area contributed by atoms with Gasteiger partial charge < -0.3 is 29.2 Å². The standard InChI is InChI=1S/C26H26IN3O8S/c1-35-20-12-16(11-17(27)24(20)38-15-23(32)36-2)13-21-25(33)30(26(34)39-21)14-22(31)28-18-5-3-4-6-19(18)29-7-9-37-10-8-29/h3-6,11-13H,7-10,14-15H2,1-2H3,(H,28,31)/b21-13-. The van der Waals surface area contributed by atoms with Crippen LogP contribution in [-0.2, 0) is 23.9 Å². The van der Waals surface area contributed by atoms with E-state index < -0.39 is 29.6 Å². The molecule has 4 rings (SSSR count). The quantitative estimate of drug-likeness (QED) is 0.242. The van der Waals surface area contributed by atoms with E-state index in [4.69, 9.17) is 14.2 Å². The molecule has 0 unspecified atom stereocenters. The van der Waals surface area contributed by atoms with Crippen LogP contribution in [0.1, 0.15) is 5.56 Å². The number of rotatable bonds is 9. The first-order valence-electron chi connectivity index (χ1n) is 11.8. The van der Waals surface area contributed by atoms with Crippen molar-refractivity contribution >= 4 is 74.8 Å². The third-order valence-corrected chi connectivity index (χ3v) is 7.53. The van der Waals surface area contributed by atoms with Crippen molar-refractivity contribution < 1.29 is 38.1 Å². The number of hydrogen-bond donors (Lipinski definition) is 1. The smallest absolute Gasteiger partial charge is 0.343 e. The van der Waals surface area contributed by atoms with Gasteiger partial charge >= 0.3 is 5.97 Å². The fourth-order valence-corrected chi connectivity index (χ4v) is 5.55. The molecule has 1 N–H and O–H groups in total.